The summed E-state index contributed by atoms with van der Waals surface area (Å²) in [5, 5.41) is 11.4. The molecule has 6 nitrogen and oxygen atoms in total. The minimum atomic E-state index is -0.549. The summed E-state index contributed by atoms with van der Waals surface area (Å²) in [6.45, 7) is 6.76. The van der Waals surface area contributed by atoms with Gasteiger partial charge in [0.25, 0.3) is 5.69 Å². The number of nitro groups is 1. The molecule has 0 spiro atoms. The summed E-state index contributed by atoms with van der Waals surface area (Å²) >= 11 is 0. The number of nitro benzene ring substituents is 1. The first-order valence-electron chi connectivity index (χ1n) is 13.6. The number of esters is 1. The molecule has 0 amide bonds. The van der Waals surface area contributed by atoms with Gasteiger partial charge in [0.05, 0.1) is 17.4 Å². The summed E-state index contributed by atoms with van der Waals surface area (Å²) in [4.78, 5) is 26.2. The fourth-order valence-electron chi connectivity index (χ4n) is 5.97. The van der Waals surface area contributed by atoms with Crippen molar-refractivity contribution in [1.29, 1.82) is 0 Å². The smallest absolute Gasteiger partial charge is 0.312 e. The van der Waals surface area contributed by atoms with Gasteiger partial charge >= 0.3 is 5.97 Å². The molecule has 1 aliphatic heterocycles. The van der Waals surface area contributed by atoms with Crippen molar-refractivity contribution in [2.24, 2.45) is 5.92 Å². The van der Waals surface area contributed by atoms with Crippen LogP contribution in [-0.2, 0) is 34.5 Å². The Morgan fingerprint density at radius 3 is 2.56 bits per heavy atom. The molecule has 0 N–H and O–H groups in total. The van der Waals surface area contributed by atoms with Gasteiger partial charge in [-0.1, -0.05) is 84.5 Å². The quantitative estimate of drug-likeness (QED) is 0.191. The van der Waals surface area contributed by atoms with Crippen molar-refractivity contribution in [3.8, 4) is 0 Å². The molecular weight excluding hydrogens is 488 g/mol. The Morgan fingerprint density at radius 1 is 1.08 bits per heavy atom. The van der Waals surface area contributed by atoms with E-state index in [1.165, 1.54) is 22.3 Å². The number of ether oxygens (including phenoxy) is 1. The number of allylic oxidation sites excluding steroid dienone is 3. The zero-order chi connectivity index (χ0) is 27.4. The third kappa shape index (κ3) is 5.43. The standard InChI is InChI=1S/C33H34N2O4/c1-3-39-32(36)24(2)26-12-8-19-33(21-26,28-14-16-29(17-15-28)35(37)38)31-13-7-11-27-23-34(20-18-30(27)31)22-25-9-5-4-6-10-25/h4-17,19,24H,3,18,20-23H2,1-2H3. The lowest BCUT2D eigenvalue weighted by Gasteiger charge is -2.40. The largest absolute Gasteiger partial charge is 0.466 e. The summed E-state index contributed by atoms with van der Waals surface area (Å²) < 4.78 is 5.35. The van der Waals surface area contributed by atoms with Crippen molar-refractivity contribution in [3.63, 3.8) is 0 Å². The van der Waals surface area contributed by atoms with Gasteiger partial charge in [-0.15, -0.1) is 0 Å². The lowest BCUT2D eigenvalue weighted by molar-refractivity contribution is -0.384. The molecule has 3 aromatic rings. The second kappa shape index (κ2) is 11.4. The second-order valence-electron chi connectivity index (χ2n) is 10.4. The van der Waals surface area contributed by atoms with Gasteiger partial charge < -0.3 is 4.74 Å². The summed E-state index contributed by atoms with van der Waals surface area (Å²) in [6.07, 6.45) is 7.75. The Bertz CT molecular complexity index is 1410. The molecule has 0 saturated heterocycles. The number of rotatable bonds is 8. The lowest BCUT2D eigenvalue weighted by Crippen LogP contribution is -2.35. The van der Waals surface area contributed by atoms with Crippen LogP contribution in [0.1, 0.15) is 48.1 Å². The number of benzene rings is 3. The SMILES string of the molecule is CCOC(=O)C(C)C1=CC=CC(c2ccc([N+](=O)[O-])cc2)(c2cccc3c2CCN(Cc2ccccc2)C3)C1. The van der Waals surface area contributed by atoms with E-state index in [4.69, 9.17) is 4.74 Å². The molecule has 39 heavy (non-hydrogen) atoms. The second-order valence-corrected chi connectivity index (χ2v) is 10.4. The molecule has 6 heteroatoms. The van der Waals surface area contributed by atoms with Gasteiger partial charge in [0.1, 0.15) is 0 Å². The van der Waals surface area contributed by atoms with Gasteiger partial charge in [0, 0.05) is 37.2 Å². The third-order valence-corrected chi connectivity index (χ3v) is 8.04. The molecule has 3 aromatic carbocycles. The molecule has 2 aliphatic rings. The van der Waals surface area contributed by atoms with Crippen LogP contribution in [0.15, 0.2) is 96.6 Å². The van der Waals surface area contributed by atoms with Crippen LogP contribution in [-0.4, -0.2) is 28.9 Å². The van der Waals surface area contributed by atoms with Crippen LogP contribution in [0, 0.1) is 16.0 Å². The van der Waals surface area contributed by atoms with E-state index in [9.17, 15) is 14.9 Å². The summed E-state index contributed by atoms with van der Waals surface area (Å²) in [5.41, 5.74) is 6.63. The van der Waals surface area contributed by atoms with Crippen molar-refractivity contribution >= 4 is 11.7 Å². The van der Waals surface area contributed by atoms with E-state index in [0.717, 1.165) is 37.2 Å². The molecule has 2 unspecified atom stereocenters. The Morgan fingerprint density at radius 2 is 1.85 bits per heavy atom. The topological polar surface area (TPSA) is 72.7 Å². The first-order chi connectivity index (χ1) is 18.9. The molecule has 2 atom stereocenters. The van der Waals surface area contributed by atoms with Crippen LogP contribution in [0.25, 0.3) is 0 Å². The normalized spacial score (nSPS) is 19.6. The molecule has 200 valence electrons. The minimum Gasteiger partial charge on any atom is -0.466 e. The van der Waals surface area contributed by atoms with Crippen LogP contribution in [0.2, 0.25) is 0 Å². The maximum atomic E-state index is 12.7. The van der Waals surface area contributed by atoms with E-state index in [2.05, 4.69) is 53.4 Å². The molecule has 0 aromatic heterocycles. The molecule has 0 saturated carbocycles. The van der Waals surface area contributed by atoms with Crippen molar-refractivity contribution < 1.29 is 14.5 Å². The molecule has 0 bridgehead atoms. The zero-order valence-electron chi connectivity index (χ0n) is 22.5. The highest BCUT2D eigenvalue weighted by Crippen LogP contribution is 2.46. The first kappa shape index (κ1) is 26.6. The van der Waals surface area contributed by atoms with Crippen LogP contribution >= 0.6 is 0 Å². The van der Waals surface area contributed by atoms with Gasteiger partial charge in [0.2, 0.25) is 0 Å². The fraction of sp³-hybridized carbons (Fsp3) is 0.303. The molecule has 0 radical (unpaired) electrons. The predicted octanol–water partition coefficient (Wildman–Crippen LogP) is 6.52. The Hall–Kier alpha value is -4.03. The van der Waals surface area contributed by atoms with Crippen LogP contribution in [0.5, 0.6) is 0 Å². The average Bonchev–Trinajstić information content (AvgIpc) is 2.97. The Kier molecular flexibility index (Phi) is 7.75. The molecule has 0 fully saturated rings. The van der Waals surface area contributed by atoms with E-state index in [-0.39, 0.29) is 22.5 Å². The number of nitrogens with zero attached hydrogens (tertiary/aromatic N) is 2. The molecule has 5 rings (SSSR count). The summed E-state index contributed by atoms with van der Waals surface area (Å²) in [6, 6.07) is 23.9. The van der Waals surface area contributed by atoms with Gasteiger partial charge in [-0.2, -0.15) is 0 Å². The van der Waals surface area contributed by atoms with Gasteiger partial charge in [-0.3, -0.25) is 19.8 Å². The van der Waals surface area contributed by atoms with Crippen molar-refractivity contribution in [1.82, 2.24) is 4.90 Å². The number of carbonyl (C=O) groups excluding carboxylic acids is 1. The predicted molar refractivity (Wildman–Crippen MR) is 152 cm³/mol. The number of hydrogen-bond donors (Lipinski definition) is 0. The van der Waals surface area contributed by atoms with E-state index in [0.29, 0.717) is 13.0 Å². The first-order valence-corrected chi connectivity index (χ1v) is 13.6. The van der Waals surface area contributed by atoms with E-state index < -0.39 is 5.41 Å². The Balaban J connectivity index is 1.54. The third-order valence-electron chi connectivity index (χ3n) is 8.04. The lowest BCUT2D eigenvalue weighted by atomic mass is 9.65. The van der Waals surface area contributed by atoms with Crippen molar-refractivity contribution in [2.45, 2.75) is 45.2 Å². The Labute approximate surface area is 229 Å². The van der Waals surface area contributed by atoms with Gasteiger partial charge in [-0.05, 0) is 54.5 Å². The zero-order valence-corrected chi connectivity index (χ0v) is 22.5. The highest BCUT2D eigenvalue weighted by atomic mass is 16.6. The number of hydrogen-bond acceptors (Lipinski definition) is 5. The highest BCUT2D eigenvalue weighted by molar-refractivity contribution is 5.76. The molecular formula is C33H34N2O4. The van der Waals surface area contributed by atoms with Gasteiger partial charge in [0.15, 0.2) is 0 Å². The van der Waals surface area contributed by atoms with Crippen LogP contribution < -0.4 is 0 Å². The van der Waals surface area contributed by atoms with Gasteiger partial charge in [-0.25, -0.2) is 0 Å². The van der Waals surface area contributed by atoms with Crippen molar-refractivity contribution in [3.05, 3.63) is 135 Å². The minimum absolute atomic E-state index is 0.0657. The average molecular weight is 523 g/mol. The fourth-order valence-corrected chi connectivity index (χ4v) is 5.97. The van der Waals surface area contributed by atoms with E-state index >= 15 is 0 Å². The van der Waals surface area contributed by atoms with Crippen LogP contribution in [0.4, 0.5) is 5.69 Å². The maximum Gasteiger partial charge on any atom is 0.312 e. The van der Waals surface area contributed by atoms with E-state index in [1.807, 2.05) is 44.2 Å². The maximum absolute atomic E-state index is 12.7. The number of fused-ring (bicyclic) bond motifs is 1. The van der Waals surface area contributed by atoms with E-state index in [1.54, 1.807) is 12.1 Å². The summed E-state index contributed by atoms with van der Waals surface area (Å²) in [5.74, 6) is -0.614. The van der Waals surface area contributed by atoms with Crippen molar-refractivity contribution in [2.75, 3.05) is 13.2 Å². The monoisotopic (exact) mass is 522 g/mol. The number of non-ortho nitro benzene ring substituents is 1. The highest BCUT2D eigenvalue weighted by Gasteiger charge is 2.39. The molecule has 1 heterocycles. The molecule has 1 aliphatic carbocycles. The summed E-state index contributed by atoms with van der Waals surface area (Å²) in [7, 11) is 0. The van der Waals surface area contributed by atoms with Crippen LogP contribution in [0.3, 0.4) is 0 Å². The number of carbonyl (C=O) groups is 1.